The molecule has 3 fully saturated rings. The van der Waals surface area contributed by atoms with E-state index >= 15 is 0 Å². The first kappa shape index (κ1) is 22.1. The topological polar surface area (TPSA) is 41.6 Å². The van der Waals surface area contributed by atoms with Gasteiger partial charge < -0.3 is 4.74 Å². The molecule has 4 nitrogen and oxygen atoms in total. The quantitative estimate of drug-likeness (QED) is 0.481. The minimum atomic E-state index is -0.509. The first-order valence-corrected chi connectivity index (χ1v) is 12.7. The summed E-state index contributed by atoms with van der Waals surface area (Å²) in [5.41, 5.74) is 2.28. The van der Waals surface area contributed by atoms with E-state index in [9.17, 15) is 9.18 Å². The molecule has 2 aliphatic carbocycles. The number of amides is 1. The van der Waals surface area contributed by atoms with Gasteiger partial charge in [-0.15, -0.1) is 0 Å². The SMILES string of the molecule is O=C(NSC1CC1)c1cc(C2CC2)c(OC2CCCN(Cc3cccc(Cl)c3)C2)cc1F. The first-order chi connectivity index (χ1) is 15.5. The van der Waals surface area contributed by atoms with Crippen molar-refractivity contribution in [2.24, 2.45) is 0 Å². The minimum absolute atomic E-state index is 0.00457. The Kier molecular flexibility index (Phi) is 6.63. The Morgan fingerprint density at radius 2 is 2.03 bits per heavy atom. The monoisotopic (exact) mass is 474 g/mol. The molecule has 1 unspecified atom stereocenters. The highest BCUT2D eigenvalue weighted by Crippen LogP contribution is 2.45. The van der Waals surface area contributed by atoms with Gasteiger partial charge in [0.05, 0.1) is 5.56 Å². The number of carbonyl (C=O) groups excluding carboxylic acids is 1. The smallest absolute Gasteiger partial charge is 0.264 e. The van der Waals surface area contributed by atoms with Gasteiger partial charge in [-0.2, -0.15) is 0 Å². The van der Waals surface area contributed by atoms with Gasteiger partial charge in [0.1, 0.15) is 17.7 Å². The summed E-state index contributed by atoms with van der Waals surface area (Å²) in [4.78, 5) is 14.9. The van der Waals surface area contributed by atoms with Crippen LogP contribution in [0.1, 0.15) is 65.9 Å². The number of hydrogen-bond acceptors (Lipinski definition) is 4. The van der Waals surface area contributed by atoms with E-state index in [1.807, 2.05) is 18.2 Å². The molecule has 1 heterocycles. The number of benzene rings is 2. The Morgan fingerprint density at radius 1 is 1.19 bits per heavy atom. The van der Waals surface area contributed by atoms with Crippen molar-refractivity contribution in [3.8, 4) is 5.75 Å². The van der Waals surface area contributed by atoms with Crippen molar-refractivity contribution in [1.29, 1.82) is 0 Å². The largest absolute Gasteiger partial charge is 0.489 e. The molecule has 3 aliphatic rings. The molecule has 2 aromatic carbocycles. The van der Waals surface area contributed by atoms with Crippen LogP contribution in [-0.4, -0.2) is 35.3 Å². The van der Waals surface area contributed by atoms with Crippen LogP contribution in [0.2, 0.25) is 5.02 Å². The summed E-state index contributed by atoms with van der Waals surface area (Å²) in [5, 5.41) is 1.23. The average molecular weight is 475 g/mol. The van der Waals surface area contributed by atoms with E-state index < -0.39 is 5.82 Å². The predicted octanol–water partition coefficient (Wildman–Crippen LogP) is 5.94. The van der Waals surface area contributed by atoms with E-state index in [1.165, 1.54) is 23.6 Å². The lowest BCUT2D eigenvalue weighted by Gasteiger charge is -2.33. The van der Waals surface area contributed by atoms with Crippen LogP contribution in [0.25, 0.3) is 0 Å². The van der Waals surface area contributed by atoms with Gasteiger partial charge in [-0.05, 0) is 92.3 Å². The molecule has 0 aromatic heterocycles. The molecule has 2 saturated carbocycles. The second-order valence-corrected chi connectivity index (χ2v) is 10.7. The van der Waals surface area contributed by atoms with Crippen LogP contribution in [-0.2, 0) is 6.54 Å². The molecule has 1 aliphatic heterocycles. The number of hydrogen-bond donors (Lipinski definition) is 1. The third kappa shape index (κ3) is 5.59. The van der Waals surface area contributed by atoms with Gasteiger partial charge in [0.25, 0.3) is 5.91 Å². The van der Waals surface area contributed by atoms with Crippen LogP contribution < -0.4 is 9.46 Å². The standard InChI is InChI=1S/C25H28ClFN2O2S/c26-18-4-1-3-16(11-18)14-29-10-2-5-19(15-29)31-24-13-23(27)22(12-21(24)17-6-7-17)25(30)28-32-20-8-9-20/h1,3-4,11-13,17,19-20H,2,5-10,14-15H2,(H,28,30). The number of halogens is 2. The van der Waals surface area contributed by atoms with Crippen LogP contribution in [0.5, 0.6) is 5.75 Å². The molecular weight excluding hydrogens is 447 g/mol. The number of rotatable bonds is 8. The lowest BCUT2D eigenvalue weighted by molar-refractivity contribution is 0.0832. The zero-order valence-corrected chi connectivity index (χ0v) is 19.6. The summed E-state index contributed by atoms with van der Waals surface area (Å²) in [6, 6.07) is 11.1. The third-order valence-electron chi connectivity index (χ3n) is 6.26. The van der Waals surface area contributed by atoms with E-state index in [1.54, 1.807) is 6.07 Å². The Morgan fingerprint density at radius 3 is 2.78 bits per heavy atom. The minimum Gasteiger partial charge on any atom is -0.489 e. The first-order valence-electron chi connectivity index (χ1n) is 11.5. The zero-order chi connectivity index (χ0) is 22.1. The van der Waals surface area contributed by atoms with Gasteiger partial charge in [0.15, 0.2) is 0 Å². The van der Waals surface area contributed by atoms with Crippen molar-refractivity contribution in [2.75, 3.05) is 13.1 Å². The Balaban J connectivity index is 1.27. The second kappa shape index (κ2) is 9.62. The number of ether oxygens (including phenoxy) is 1. The van der Waals surface area contributed by atoms with Crippen LogP contribution in [0.4, 0.5) is 4.39 Å². The molecule has 0 spiro atoms. The molecule has 32 heavy (non-hydrogen) atoms. The fraction of sp³-hybridized carbons (Fsp3) is 0.480. The number of nitrogens with zero attached hydrogens (tertiary/aromatic N) is 1. The van der Waals surface area contributed by atoms with Crippen molar-refractivity contribution in [3.05, 3.63) is 63.9 Å². The zero-order valence-electron chi connectivity index (χ0n) is 18.0. The Hall–Kier alpha value is -1.76. The van der Waals surface area contributed by atoms with Gasteiger partial charge in [-0.1, -0.05) is 23.7 Å². The number of piperidine rings is 1. The highest BCUT2D eigenvalue weighted by atomic mass is 35.5. The molecule has 1 N–H and O–H groups in total. The number of carbonyl (C=O) groups is 1. The fourth-order valence-electron chi connectivity index (χ4n) is 4.26. The third-order valence-corrected chi connectivity index (χ3v) is 7.60. The number of nitrogens with one attached hydrogen (secondary N) is 1. The molecule has 1 atom stereocenters. The van der Waals surface area contributed by atoms with Gasteiger partial charge >= 0.3 is 0 Å². The Bertz CT molecular complexity index is 996. The van der Waals surface area contributed by atoms with Crippen LogP contribution in [0, 0.1) is 5.82 Å². The van der Waals surface area contributed by atoms with E-state index in [4.69, 9.17) is 16.3 Å². The van der Waals surface area contributed by atoms with Gasteiger partial charge in [-0.3, -0.25) is 14.4 Å². The molecule has 170 valence electrons. The normalized spacial score (nSPS) is 21.4. The average Bonchev–Trinajstić information content (AvgIpc) is 3.67. The van der Waals surface area contributed by atoms with Crippen molar-refractivity contribution >= 4 is 29.5 Å². The summed E-state index contributed by atoms with van der Waals surface area (Å²) in [7, 11) is 0. The highest BCUT2D eigenvalue weighted by Gasteiger charge is 2.32. The summed E-state index contributed by atoms with van der Waals surface area (Å²) in [6.45, 7) is 2.62. The van der Waals surface area contributed by atoms with Crippen LogP contribution >= 0.6 is 23.5 Å². The molecule has 5 rings (SSSR count). The summed E-state index contributed by atoms with van der Waals surface area (Å²) < 4.78 is 24.0. The Labute approximate surface area is 198 Å². The van der Waals surface area contributed by atoms with E-state index in [-0.39, 0.29) is 17.6 Å². The van der Waals surface area contributed by atoms with Crippen LogP contribution in [0.3, 0.4) is 0 Å². The lowest BCUT2D eigenvalue weighted by Crippen LogP contribution is -2.40. The van der Waals surface area contributed by atoms with Gasteiger partial charge in [-0.25, -0.2) is 4.39 Å². The fourth-order valence-corrected chi connectivity index (χ4v) is 5.23. The molecule has 1 saturated heterocycles. The predicted molar refractivity (Wildman–Crippen MR) is 127 cm³/mol. The lowest BCUT2D eigenvalue weighted by atomic mass is 10.0. The van der Waals surface area contributed by atoms with E-state index in [0.29, 0.717) is 16.9 Å². The van der Waals surface area contributed by atoms with Crippen molar-refractivity contribution in [2.45, 2.75) is 62.3 Å². The van der Waals surface area contributed by atoms with Crippen LogP contribution in [0.15, 0.2) is 36.4 Å². The van der Waals surface area contributed by atoms with Crippen molar-refractivity contribution in [1.82, 2.24) is 9.62 Å². The maximum atomic E-state index is 14.9. The molecule has 1 amide bonds. The summed E-state index contributed by atoms with van der Waals surface area (Å²) >= 11 is 7.54. The molecule has 2 aromatic rings. The van der Waals surface area contributed by atoms with Crippen molar-refractivity contribution < 1.29 is 13.9 Å². The maximum Gasteiger partial charge on any atom is 0.264 e. The second-order valence-electron chi connectivity index (χ2n) is 9.14. The molecule has 7 heteroatoms. The summed E-state index contributed by atoms with van der Waals surface area (Å²) in [5.74, 6) is 0.105. The number of likely N-dealkylation sites (tertiary alicyclic amines) is 1. The van der Waals surface area contributed by atoms with Gasteiger partial charge in [0.2, 0.25) is 0 Å². The van der Waals surface area contributed by atoms with E-state index in [0.717, 1.165) is 68.7 Å². The molecular formula is C25H28ClFN2O2S. The highest BCUT2D eigenvalue weighted by molar-refractivity contribution is 7.98. The maximum absolute atomic E-state index is 14.9. The van der Waals surface area contributed by atoms with E-state index in [2.05, 4.69) is 15.7 Å². The molecule has 0 bridgehead atoms. The van der Waals surface area contributed by atoms with Crippen molar-refractivity contribution in [3.63, 3.8) is 0 Å². The molecule has 0 radical (unpaired) electrons. The summed E-state index contributed by atoms with van der Waals surface area (Å²) in [6.07, 6.45) is 6.33. The van der Waals surface area contributed by atoms with Gasteiger partial charge in [0, 0.05) is 29.4 Å².